The summed E-state index contributed by atoms with van der Waals surface area (Å²) in [6, 6.07) is 4.83. The normalized spacial score (nSPS) is 10.4. The van der Waals surface area contributed by atoms with Crippen molar-refractivity contribution in [3.63, 3.8) is 0 Å². The zero-order chi connectivity index (χ0) is 14.0. The van der Waals surface area contributed by atoms with Crippen molar-refractivity contribution in [3.05, 3.63) is 56.8 Å². The molecule has 2 aromatic rings. The summed E-state index contributed by atoms with van der Waals surface area (Å²) in [7, 11) is 0. The zero-order valence-corrected chi connectivity index (χ0v) is 10.6. The van der Waals surface area contributed by atoms with Crippen LogP contribution in [0.3, 0.4) is 0 Å². The molecule has 0 bridgehead atoms. The van der Waals surface area contributed by atoms with Gasteiger partial charge in [0.1, 0.15) is 5.69 Å². The van der Waals surface area contributed by atoms with E-state index in [2.05, 4.69) is 15.2 Å². The molecule has 0 saturated carbocycles. The summed E-state index contributed by atoms with van der Waals surface area (Å²) in [5, 5.41) is 15.1. The van der Waals surface area contributed by atoms with E-state index in [1.165, 1.54) is 6.07 Å². The van der Waals surface area contributed by atoms with Crippen LogP contribution in [0.25, 0.3) is 0 Å². The van der Waals surface area contributed by atoms with E-state index in [9.17, 15) is 9.59 Å². The van der Waals surface area contributed by atoms with Gasteiger partial charge in [-0.2, -0.15) is 5.10 Å². The van der Waals surface area contributed by atoms with Crippen molar-refractivity contribution in [2.24, 2.45) is 0 Å². The average molecular weight is 259 g/mol. The number of rotatable bonds is 3. The Labute approximate surface area is 109 Å². The summed E-state index contributed by atoms with van der Waals surface area (Å²) >= 11 is 0. The SMILES string of the molecule is Cc1cc(Cc2ccc(C(=O)O)nc2C)c(=O)[nH]n1. The van der Waals surface area contributed by atoms with Gasteiger partial charge < -0.3 is 5.11 Å². The summed E-state index contributed by atoms with van der Waals surface area (Å²) in [5.41, 5.74) is 2.49. The predicted octanol–water partition coefficient (Wildman–Crippen LogP) is 1.07. The second-order valence-electron chi connectivity index (χ2n) is 4.29. The van der Waals surface area contributed by atoms with E-state index in [-0.39, 0.29) is 11.3 Å². The lowest BCUT2D eigenvalue weighted by atomic mass is 10.0. The molecule has 0 atom stereocenters. The van der Waals surface area contributed by atoms with Gasteiger partial charge in [0.25, 0.3) is 5.56 Å². The molecule has 0 fully saturated rings. The van der Waals surface area contributed by atoms with Crippen LogP contribution in [-0.2, 0) is 6.42 Å². The molecule has 0 spiro atoms. The minimum atomic E-state index is -1.06. The van der Waals surface area contributed by atoms with Crippen LogP contribution < -0.4 is 5.56 Å². The van der Waals surface area contributed by atoms with Gasteiger partial charge in [0.05, 0.1) is 5.69 Å². The van der Waals surface area contributed by atoms with Gasteiger partial charge in [-0.05, 0) is 31.5 Å². The lowest BCUT2D eigenvalue weighted by Crippen LogP contribution is -2.15. The second kappa shape index (κ2) is 5.01. The number of hydrogen-bond donors (Lipinski definition) is 2. The molecule has 6 nitrogen and oxygen atoms in total. The van der Waals surface area contributed by atoms with Crippen LogP contribution in [0.1, 0.15) is 33.0 Å². The molecule has 0 aliphatic carbocycles. The molecule has 2 heterocycles. The Hall–Kier alpha value is -2.50. The molecule has 0 unspecified atom stereocenters. The largest absolute Gasteiger partial charge is 0.477 e. The third kappa shape index (κ3) is 2.85. The lowest BCUT2D eigenvalue weighted by molar-refractivity contribution is 0.0690. The number of hydrogen-bond acceptors (Lipinski definition) is 4. The Morgan fingerprint density at radius 3 is 2.68 bits per heavy atom. The molecule has 0 radical (unpaired) electrons. The van der Waals surface area contributed by atoms with Crippen molar-refractivity contribution in [2.75, 3.05) is 0 Å². The van der Waals surface area contributed by atoms with Gasteiger partial charge in [0, 0.05) is 17.7 Å². The van der Waals surface area contributed by atoms with Crippen LogP contribution in [0, 0.1) is 13.8 Å². The van der Waals surface area contributed by atoms with Crippen LogP contribution in [0.15, 0.2) is 23.0 Å². The lowest BCUT2D eigenvalue weighted by Gasteiger charge is -2.06. The third-order valence-corrected chi connectivity index (χ3v) is 2.80. The Morgan fingerprint density at radius 2 is 2.05 bits per heavy atom. The highest BCUT2D eigenvalue weighted by molar-refractivity contribution is 5.85. The maximum Gasteiger partial charge on any atom is 0.354 e. The number of H-pyrrole nitrogens is 1. The molecule has 0 aliphatic heterocycles. The molecule has 0 aliphatic rings. The van der Waals surface area contributed by atoms with Crippen LogP contribution in [-0.4, -0.2) is 26.3 Å². The van der Waals surface area contributed by atoms with Gasteiger partial charge in [-0.3, -0.25) is 4.79 Å². The summed E-state index contributed by atoms with van der Waals surface area (Å²) in [5.74, 6) is -1.06. The van der Waals surface area contributed by atoms with Crippen molar-refractivity contribution < 1.29 is 9.90 Å². The molecule has 0 amide bonds. The van der Waals surface area contributed by atoms with Gasteiger partial charge in [-0.1, -0.05) is 6.07 Å². The minimum absolute atomic E-state index is 0.000989. The molecule has 19 heavy (non-hydrogen) atoms. The molecule has 2 aromatic heterocycles. The van der Waals surface area contributed by atoms with E-state index in [1.807, 2.05) is 0 Å². The van der Waals surface area contributed by atoms with E-state index < -0.39 is 5.97 Å². The van der Waals surface area contributed by atoms with Crippen LogP contribution in [0.5, 0.6) is 0 Å². The first kappa shape index (κ1) is 12.9. The fourth-order valence-electron chi connectivity index (χ4n) is 1.79. The topological polar surface area (TPSA) is 95.9 Å². The third-order valence-electron chi connectivity index (χ3n) is 2.80. The number of aromatic nitrogens is 3. The predicted molar refractivity (Wildman–Crippen MR) is 68.3 cm³/mol. The fourth-order valence-corrected chi connectivity index (χ4v) is 1.79. The number of aryl methyl sites for hydroxylation is 2. The molecular formula is C13H13N3O3. The molecule has 2 N–H and O–H groups in total. The number of carboxylic acids is 1. The quantitative estimate of drug-likeness (QED) is 0.859. The number of aromatic amines is 1. The van der Waals surface area contributed by atoms with Crippen LogP contribution in [0.2, 0.25) is 0 Å². The second-order valence-corrected chi connectivity index (χ2v) is 4.29. The molecule has 0 aromatic carbocycles. The van der Waals surface area contributed by atoms with Crippen molar-refractivity contribution in [3.8, 4) is 0 Å². The Kier molecular flexibility index (Phi) is 3.41. The number of carbonyl (C=O) groups is 1. The monoisotopic (exact) mass is 259 g/mol. The van der Waals surface area contributed by atoms with Gasteiger partial charge >= 0.3 is 5.97 Å². The maximum atomic E-state index is 11.6. The first-order valence-electron chi connectivity index (χ1n) is 5.72. The molecule has 98 valence electrons. The Balaban J connectivity index is 2.36. The highest BCUT2D eigenvalue weighted by Crippen LogP contribution is 2.11. The van der Waals surface area contributed by atoms with E-state index in [0.717, 1.165) is 11.3 Å². The highest BCUT2D eigenvalue weighted by Gasteiger charge is 2.09. The van der Waals surface area contributed by atoms with E-state index in [1.54, 1.807) is 26.0 Å². The highest BCUT2D eigenvalue weighted by atomic mass is 16.4. The van der Waals surface area contributed by atoms with Gasteiger partial charge in [0.2, 0.25) is 0 Å². The smallest absolute Gasteiger partial charge is 0.354 e. The summed E-state index contributed by atoms with van der Waals surface area (Å²) in [6.07, 6.45) is 0.400. The number of carboxylic acid groups (broad SMARTS) is 1. The van der Waals surface area contributed by atoms with E-state index >= 15 is 0 Å². The van der Waals surface area contributed by atoms with Crippen LogP contribution in [0.4, 0.5) is 0 Å². The summed E-state index contributed by atoms with van der Waals surface area (Å²) < 4.78 is 0. The van der Waals surface area contributed by atoms with Crippen molar-refractivity contribution in [1.29, 1.82) is 0 Å². The van der Waals surface area contributed by atoms with Gasteiger partial charge in [0.15, 0.2) is 0 Å². The maximum absolute atomic E-state index is 11.6. The van der Waals surface area contributed by atoms with E-state index in [4.69, 9.17) is 5.11 Å². The zero-order valence-electron chi connectivity index (χ0n) is 10.6. The first-order valence-corrected chi connectivity index (χ1v) is 5.72. The standard InChI is InChI=1S/C13H13N3O3/c1-7-5-10(12(17)16-15-7)6-9-3-4-11(13(18)19)14-8(9)2/h3-5H,6H2,1-2H3,(H,16,17)(H,18,19). The summed E-state index contributed by atoms with van der Waals surface area (Å²) in [4.78, 5) is 26.4. The number of nitrogens with one attached hydrogen (secondary N) is 1. The minimum Gasteiger partial charge on any atom is -0.477 e. The summed E-state index contributed by atoms with van der Waals surface area (Å²) in [6.45, 7) is 3.52. The Bertz CT molecular complexity index is 692. The Morgan fingerprint density at radius 1 is 1.32 bits per heavy atom. The number of nitrogens with zero attached hydrogens (tertiary/aromatic N) is 2. The average Bonchev–Trinajstić information content (AvgIpc) is 2.36. The van der Waals surface area contributed by atoms with Crippen molar-refractivity contribution in [1.82, 2.24) is 15.2 Å². The van der Waals surface area contributed by atoms with Crippen LogP contribution >= 0.6 is 0 Å². The number of pyridine rings is 1. The van der Waals surface area contributed by atoms with E-state index in [0.29, 0.717) is 17.7 Å². The molecule has 6 heteroatoms. The van der Waals surface area contributed by atoms with Crippen molar-refractivity contribution >= 4 is 5.97 Å². The molecular weight excluding hydrogens is 246 g/mol. The van der Waals surface area contributed by atoms with Crippen molar-refractivity contribution in [2.45, 2.75) is 20.3 Å². The first-order chi connectivity index (χ1) is 8.97. The molecule has 0 saturated heterocycles. The number of aromatic carboxylic acids is 1. The fraction of sp³-hybridized carbons (Fsp3) is 0.231. The molecule has 2 rings (SSSR count). The van der Waals surface area contributed by atoms with Gasteiger partial charge in [-0.15, -0.1) is 0 Å². The van der Waals surface area contributed by atoms with Gasteiger partial charge in [-0.25, -0.2) is 14.9 Å².